The van der Waals surface area contributed by atoms with Gasteiger partial charge in [0, 0.05) is 113 Å². The summed E-state index contributed by atoms with van der Waals surface area (Å²) in [4.78, 5) is 63.4. The second-order valence-corrected chi connectivity index (χ2v) is 17.4. The van der Waals surface area contributed by atoms with Gasteiger partial charge in [0.05, 0.1) is 54.1 Å². The fourth-order valence-electron chi connectivity index (χ4n) is 9.10. The number of hydrogen-bond donors (Lipinski definition) is 5. The lowest BCUT2D eigenvalue weighted by Gasteiger charge is -2.46. The zero-order chi connectivity index (χ0) is 49.4. The number of piperidine rings is 1. The van der Waals surface area contributed by atoms with Crippen molar-refractivity contribution in [1.29, 1.82) is 10.7 Å². The van der Waals surface area contributed by atoms with Gasteiger partial charge in [-0.1, -0.05) is 0 Å². The van der Waals surface area contributed by atoms with E-state index in [0.717, 1.165) is 43.1 Å². The summed E-state index contributed by atoms with van der Waals surface area (Å²) >= 11 is 0. The Bertz CT molecular complexity index is 2790. The van der Waals surface area contributed by atoms with Crippen molar-refractivity contribution in [1.82, 2.24) is 40.5 Å². The monoisotopic (exact) mass is 959 g/mol. The molecule has 4 aliphatic rings. The molecule has 3 saturated heterocycles. The Balaban J connectivity index is 0.827. The number of amides is 5. The van der Waals surface area contributed by atoms with Crippen molar-refractivity contribution in [3.05, 3.63) is 107 Å². The number of urea groups is 1. The summed E-state index contributed by atoms with van der Waals surface area (Å²) in [6, 6.07) is 13.5. The summed E-state index contributed by atoms with van der Waals surface area (Å²) < 4.78 is 42.3. The zero-order valence-electron chi connectivity index (χ0n) is 39.0. The maximum absolute atomic E-state index is 14.9. The number of fused-ring (bicyclic) bond motifs is 1. The number of halogens is 2. The van der Waals surface area contributed by atoms with Gasteiger partial charge in [-0.15, -0.1) is 0 Å². The number of benzene rings is 2. The van der Waals surface area contributed by atoms with Gasteiger partial charge in [0.15, 0.2) is 5.82 Å². The molecule has 19 nitrogen and oxygen atoms in total. The molecule has 0 unspecified atom stereocenters. The number of aromatic nitrogens is 3. The van der Waals surface area contributed by atoms with E-state index in [-0.39, 0.29) is 48.9 Å². The van der Waals surface area contributed by atoms with E-state index >= 15 is 0 Å². The third-order valence-corrected chi connectivity index (χ3v) is 12.9. The van der Waals surface area contributed by atoms with Gasteiger partial charge < -0.3 is 35.7 Å². The second kappa shape index (κ2) is 21.8. The van der Waals surface area contributed by atoms with Crippen LogP contribution in [0.15, 0.2) is 84.0 Å². The van der Waals surface area contributed by atoms with Crippen molar-refractivity contribution in [2.45, 2.75) is 38.1 Å². The summed E-state index contributed by atoms with van der Waals surface area (Å²) in [5.74, 6) is -0.995. The average molecular weight is 960 g/mol. The molecule has 366 valence electrons. The molecular weight excluding hydrogens is 905 g/mol. The number of piperazine rings is 1. The average Bonchev–Trinajstić information content (AvgIpc) is 3.68. The summed E-state index contributed by atoms with van der Waals surface area (Å²) in [6.45, 7) is 8.33. The number of nitrogens with one attached hydrogen (secondary N) is 5. The smallest absolute Gasteiger partial charge is 0.329 e. The second-order valence-electron chi connectivity index (χ2n) is 17.4. The Kier molecular flexibility index (Phi) is 15.2. The first kappa shape index (κ1) is 48.9. The lowest BCUT2D eigenvalue weighted by atomic mass is 9.86. The number of carbonyl (C=O) groups excluding carboxylic acids is 4. The molecule has 21 heteroatoms. The molecule has 2 aromatic carbocycles. The van der Waals surface area contributed by atoms with E-state index in [1.54, 1.807) is 48.4 Å². The fourth-order valence-corrected chi connectivity index (χ4v) is 9.10. The van der Waals surface area contributed by atoms with Crippen molar-refractivity contribution in [2.24, 2.45) is 7.05 Å². The van der Waals surface area contributed by atoms with Crippen molar-refractivity contribution in [3.63, 3.8) is 0 Å². The maximum Gasteiger partial charge on any atom is 0.329 e. The molecule has 0 atom stereocenters. The molecule has 0 aliphatic carbocycles. The van der Waals surface area contributed by atoms with Gasteiger partial charge in [-0.3, -0.25) is 39.1 Å². The number of aryl methyl sites for hydroxylation is 1. The molecular formula is C49H55F2N13O6. The van der Waals surface area contributed by atoms with Gasteiger partial charge >= 0.3 is 6.03 Å². The van der Waals surface area contributed by atoms with E-state index in [9.17, 15) is 33.2 Å². The number of allylic oxidation sites excluding steroid dienone is 3. The third-order valence-electron chi connectivity index (χ3n) is 12.9. The Labute approximate surface area is 403 Å². The van der Waals surface area contributed by atoms with Crippen molar-refractivity contribution >= 4 is 63.8 Å². The van der Waals surface area contributed by atoms with Crippen molar-refractivity contribution in [3.8, 4) is 6.07 Å². The minimum Gasteiger partial charge on any atom is -0.492 e. The summed E-state index contributed by atoms with van der Waals surface area (Å²) in [5, 5.41) is 34.1. The molecule has 70 heavy (non-hydrogen) atoms. The van der Waals surface area contributed by atoms with E-state index in [1.165, 1.54) is 4.90 Å². The van der Waals surface area contributed by atoms with Crippen LogP contribution >= 0.6 is 0 Å². The highest BCUT2D eigenvalue weighted by molar-refractivity contribution is 6.09. The molecule has 0 bridgehead atoms. The third kappa shape index (κ3) is 11.3. The molecule has 5 N–H and O–H groups in total. The van der Waals surface area contributed by atoms with Crippen molar-refractivity contribution in [2.75, 3.05) is 93.8 Å². The first-order valence-electron chi connectivity index (χ1n) is 23.2. The normalized spacial score (nSPS) is 18.3. The molecule has 0 spiro atoms. The predicted octanol–water partition coefficient (Wildman–Crippen LogP) is 4.42. The van der Waals surface area contributed by atoms with Crippen LogP contribution in [0.4, 0.5) is 30.9 Å². The Morgan fingerprint density at radius 3 is 2.50 bits per heavy atom. The number of nitrogens with zero attached hydrogens (tertiary/aromatic N) is 8. The first-order valence-corrected chi connectivity index (χ1v) is 23.2. The van der Waals surface area contributed by atoms with E-state index < -0.39 is 29.1 Å². The number of pyridine rings is 1. The summed E-state index contributed by atoms with van der Waals surface area (Å²) in [5.41, 5.74) is 2.19. The van der Waals surface area contributed by atoms with Crippen molar-refractivity contribution < 1.29 is 37.4 Å². The van der Waals surface area contributed by atoms with Crippen LogP contribution in [0.25, 0.3) is 16.5 Å². The minimum atomic E-state index is -0.801. The number of rotatable bonds is 17. The van der Waals surface area contributed by atoms with Crippen LogP contribution < -0.4 is 31.1 Å². The van der Waals surface area contributed by atoms with Gasteiger partial charge in [-0.2, -0.15) is 10.4 Å². The highest BCUT2D eigenvalue weighted by Crippen LogP contribution is 2.33. The molecule has 3 fully saturated rings. The van der Waals surface area contributed by atoms with Gasteiger partial charge in [0.25, 0.3) is 5.91 Å². The molecule has 8 rings (SSSR count). The van der Waals surface area contributed by atoms with Gasteiger partial charge in [0.2, 0.25) is 11.8 Å². The Morgan fingerprint density at radius 1 is 1.00 bits per heavy atom. The van der Waals surface area contributed by atoms with Crippen LogP contribution in [-0.4, -0.2) is 139 Å². The maximum atomic E-state index is 14.9. The predicted molar refractivity (Wildman–Crippen MR) is 258 cm³/mol. The number of anilines is 3. The molecule has 5 amide bonds. The molecule has 2 aromatic heterocycles. The molecule has 6 heterocycles. The summed E-state index contributed by atoms with van der Waals surface area (Å²) in [7, 11) is 1.75. The number of imide groups is 1. The van der Waals surface area contributed by atoms with Crippen LogP contribution in [0.1, 0.15) is 48.5 Å². The number of nitriles is 1. The molecule has 4 aromatic rings. The van der Waals surface area contributed by atoms with Crippen LogP contribution in [0.3, 0.4) is 0 Å². The van der Waals surface area contributed by atoms with Gasteiger partial charge in [-0.05, 0) is 74.4 Å². The summed E-state index contributed by atoms with van der Waals surface area (Å²) in [6.07, 6.45) is 7.52. The fraction of sp³-hybridized carbons (Fsp3) is 0.388. The Morgan fingerprint density at radius 2 is 1.79 bits per heavy atom. The topological polar surface area (TPSA) is 226 Å². The lowest BCUT2D eigenvalue weighted by Crippen LogP contribution is -2.62. The largest absolute Gasteiger partial charge is 0.492 e. The number of dihydropyridines is 1. The van der Waals surface area contributed by atoms with Crippen LogP contribution in [0, 0.1) is 28.4 Å². The Hall–Kier alpha value is -7.54. The van der Waals surface area contributed by atoms with E-state index in [0.29, 0.717) is 111 Å². The molecule has 0 radical (unpaired) electrons. The highest BCUT2D eigenvalue weighted by Gasteiger charge is 2.39. The zero-order valence-corrected chi connectivity index (χ0v) is 39.0. The van der Waals surface area contributed by atoms with E-state index in [4.69, 9.17) is 19.9 Å². The first-order chi connectivity index (χ1) is 33.8. The van der Waals surface area contributed by atoms with Gasteiger partial charge in [0.1, 0.15) is 29.3 Å². The number of carbonyl (C=O) groups is 4. The number of hydrogen-bond acceptors (Lipinski definition) is 14. The van der Waals surface area contributed by atoms with E-state index in [1.807, 2.05) is 19.1 Å². The van der Waals surface area contributed by atoms with Gasteiger partial charge in [-0.25, -0.2) is 18.6 Å². The SMILES string of the molecule is CCOC1=CN/C(=C(/C#N)C=N)C(c2ccc(N3CCC(CN4CCN(CCOCCC(=O)Nc5ccc6c(N7CCC(=O)NC7=O)nn(C)c6c5)CC4)(NC(=O)c4cc(F)ccc4F)CC3)nc2)=C1. The van der Waals surface area contributed by atoms with E-state index in [2.05, 4.69) is 47.1 Å². The van der Waals surface area contributed by atoms with Crippen LogP contribution in [0.5, 0.6) is 0 Å². The standard InChI is InChI=1S/C49H55F2N13O6/c1-3-70-36-26-38(45(55-30-36)33(27-52)28-53)32-4-9-42(54-29-32)63-15-12-49(13-16-63,58-47(67)39-24-34(50)5-8-40(39)51)31-62-19-17-61(18-20-62)21-23-69-22-11-44(66)56-35-6-7-37-41(25-35)60(2)59-46(37)64-14-10-43(65)57-48(64)68/h4-9,24-27,29-30,52,55H,3,10-23,31H2,1-2H3,(H,56,66)(H,58,67)(H,57,65,68)/b45-33+,52-27?. The van der Waals surface area contributed by atoms with Crippen LogP contribution in [-0.2, 0) is 26.1 Å². The number of ether oxygens (including phenoxy) is 2. The highest BCUT2D eigenvalue weighted by atomic mass is 19.1. The quantitative estimate of drug-likeness (QED) is 0.0562. The molecule has 4 aliphatic heterocycles. The lowest BCUT2D eigenvalue weighted by molar-refractivity contribution is -0.120. The minimum absolute atomic E-state index is 0.148. The molecule has 0 saturated carbocycles. The van der Waals surface area contributed by atoms with Crippen LogP contribution in [0.2, 0.25) is 0 Å².